The Morgan fingerprint density at radius 2 is 2.12 bits per heavy atom. The van der Waals surface area contributed by atoms with Crippen LogP contribution in [0.2, 0.25) is 0 Å². The summed E-state index contributed by atoms with van der Waals surface area (Å²) in [4.78, 5) is 17.9. The molecule has 2 rings (SSSR count). The molecule has 86 valence electrons. The van der Waals surface area contributed by atoms with Crippen molar-refractivity contribution >= 4 is 11.6 Å². The molecule has 1 heterocycles. The average Bonchev–Trinajstić information content (AvgIpc) is 2.81. The standard InChI is InChI=1S/C12H17N3O/c1-15(10-4-2-3-5-10)12(16)11-7-6-9(13)8-14-11/h6-8,10H,2-5,13H2,1H3. The van der Waals surface area contributed by atoms with Gasteiger partial charge in [0.05, 0.1) is 11.9 Å². The number of nitrogens with zero attached hydrogens (tertiary/aromatic N) is 2. The van der Waals surface area contributed by atoms with Gasteiger partial charge in [-0.15, -0.1) is 0 Å². The SMILES string of the molecule is CN(C(=O)c1ccc(N)cn1)C1CCCC1. The quantitative estimate of drug-likeness (QED) is 0.823. The highest BCUT2D eigenvalue weighted by Gasteiger charge is 2.24. The van der Waals surface area contributed by atoms with Crippen molar-refractivity contribution < 1.29 is 4.79 Å². The number of nitrogens with two attached hydrogens (primary N) is 1. The average molecular weight is 219 g/mol. The first-order valence-corrected chi connectivity index (χ1v) is 5.67. The number of aromatic nitrogens is 1. The highest BCUT2D eigenvalue weighted by atomic mass is 16.2. The van der Waals surface area contributed by atoms with Crippen LogP contribution >= 0.6 is 0 Å². The van der Waals surface area contributed by atoms with Gasteiger partial charge in [-0.2, -0.15) is 0 Å². The van der Waals surface area contributed by atoms with Crippen LogP contribution in [0.5, 0.6) is 0 Å². The largest absolute Gasteiger partial charge is 0.397 e. The topological polar surface area (TPSA) is 59.2 Å². The van der Waals surface area contributed by atoms with Crippen LogP contribution in [0.4, 0.5) is 5.69 Å². The maximum Gasteiger partial charge on any atom is 0.272 e. The molecular weight excluding hydrogens is 202 g/mol. The zero-order chi connectivity index (χ0) is 11.5. The fourth-order valence-corrected chi connectivity index (χ4v) is 2.17. The summed E-state index contributed by atoms with van der Waals surface area (Å²) in [6.45, 7) is 0. The third-order valence-electron chi connectivity index (χ3n) is 3.20. The first-order chi connectivity index (χ1) is 7.68. The number of carbonyl (C=O) groups excluding carboxylic acids is 1. The first kappa shape index (κ1) is 10.9. The van der Waals surface area contributed by atoms with Gasteiger partial charge >= 0.3 is 0 Å². The van der Waals surface area contributed by atoms with Crippen molar-refractivity contribution in [2.75, 3.05) is 12.8 Å². The van der Waals surface area contributed by atoms with Gasteiger partial charge in [0.2, 0.25) is 0 Å². The van der Waals surface area contributed by atoms with Crippen molar-refractivity contribution in [3.63, 3.8) is 0 Å². The number of anilines is 1. The van der Waals surface area contributed by atoms with Gasteiger partial charge < -0.3 is 10.6 Å². The van der Waals surface area contributed by atoms with E-state index in [2.05, 4.69) is 4.98 Å². The number of nitrogen functional groups attached to an aromatic ring is 1. The molecule has 0 saturated heterocycles. The van der Waals surface area contributed by atoms with Crippen molar-refractivity contribution in [3.05, 3.63) is 24.0 Å². The van der Waals surface area contributed by atoms with Gasteiger partial charge in [0.25, 0.3) is 5.91 Å². The molecule has 0 radical (unpaired) electrons. The lowest BCUT2D eigenvalue weighted by atomic mass is 10.2. The van der Waals surface area contributed by atoms with Crippen molar-refractivity contribution in [2.45, 2.75) is 31.7 Å². The zero-order valence-corrected chi connectivity index (χ0v) is 9.52. The number of pyridine rings is 1. The number of carbonyl (C=O) groups is 1. The predicted octanol–water partition coefficient (Wildman–Crippen LogP) is 1.68. The van der Waals surface area contributed by atoms with E-state index in [4.69, 9.17) is 5.73 Å². The molecule has 0 aliphatic heterocycles. The normalized spacial score (nSPS) is 16.3. The van der Waals surface area contributed by atoms with Crippen LogP contribution in [0.1, 0.15) is 36.2 Å². The van der Waals surface area contributed by atoms with E-state index in [1.54, 1.807) is 12.1 Å². The fraction of sp³-hybridized carbons (Fsp3) is 0.500. The van der Waals surface area contributed by atoms with E-state index < -0.39 is 0 Å². The fourth-order valence-electron chi connectivity index (χ4n) is 2.17. The molecule has 16 heavy (non-hydrogen) atoms. The number of rotatable bonds is 2. The van der Waals surface area contributed by atoms with E-state index >= 15 is 0 Å². The second-order valence-electron chi connectivity index (χ2n) is 4.33. The van der Waals surface area contributed by atoms with Crippen LogP contribution in [0, 0.1) is 0 Å². The lowest BCUT2D eigenvalue weighted by Gasteiger charge is -2.23. The number of hydrogen-bond acceptors (Lipinski definition) is 3. The lowest BCUT2D eigenvalue weighted by molar-refractivity contribution is 0.0729. The minimum atomic E-state index is -0.00750. The summed E-state index contributed by atoms with van der Waals surface area (Å²) < 4.78 is 0. The Morgan fingerprint density at radius 3 is 2.69 bits per heavy atom. The summed E-state index contributed by atoms with van der Waals surface area (Å²) in [5, 5.41) is 0. The molecule has 0 atom stereocenters. The Hall–Kier alpha value is -1.58. The minimum absolute atomic E-state index is 0.00750. The van der Waals surface area contributed by atoms with Crippen molar-refractivity contribution in [2.24, 2.45) is 0 Å². The highest BCUT2D eigenvalue weighted by Crippen LogP contribution is 2.23. The first-order valence-electron chi connectivity index (χ1n) is 5.67. The van der Waals surface area contributed by atoms with Gasteiger partial charge in [0.15, 0.2) is 0 Å². The van der Waals surface area contributed by atoms with E-state index in [1.165, 1.54) is 19.0 Å². The molecule has 4 nitrogen and oxygen atoms in total. The van der Waals surface area contributed by atoms with Crippen LogP contribution in [-0.2, 0) is 0 Å². The molecule has 1 saturated carbocycles. The summed E-state index contributed by atoms with van der Waals surface area (Å²) in [6.07, 6.45) is 6.18. The highest BCUT2D eigenvalue weighted by molar-refractivity contribution is 5.92. The molecule has 1 aromatic rings. The molecular formula is C12H17N3O. The van der Waals surface area contributed by atoms with Gasteiger partial charge in [-0.3, -0.25) is 4.79 Å². The predicted molar refractivity (Wildman–Crippen MR) is 63.0 cm³/mol. The summed E-state index contributed by atoms with van der Waals surface area (Å²) in [6, 6.07) is 3.78. The molecule has 4 heteroatoms. The van der Waals surface area contributed by atoms with Crippen molar-refractivity contribution in [1.29, 1.82) is 0 Å². The Morgan fingerprint density at radius 1 is 1.44 bits per heavy atom. The van der Waals surface area contributed by atoms with E-state index in [-0.39, 0.29) is 5.91 Å². The number of hydrogen-bond donors (Lipinski definition) is 1. The van der Waals surface area contributed by atoms with Gasteiger partial charge in [-0.25, -0.2) is 4.98 Å². The van der Waals surface area contributed by atoms with Crippen LogP contribution in [0.25, 0.3) is 0 Å². The molecule has 2 N–H and O–H groups in total. The summed E-state index contributed by atoms with van der Waals surface area (Å²) in [5.74, 6) is -0.00750. The minimum Gasteiger partial charge on any atom is -0.397 e. The van der Waals surface area contributed by atoms with Gasteiger partial charge in [-0.05, 0) is 25.0 Å². The Bertz CT molecular complexity index is 368. The molecule has 1 aliphatic carbocycles. The summed E-state index contributed by atoms with van der Waals surface area (Å²) >= 11 is 0. The summed E-state index contributed by atoms with van der Waals surface area (Å²) in [7, 11) is 1.86. The van der Waals surface area contributed by atoms with E-state index in [1.807, 2.05) is 11.9 Å². The third-order valence-corrected chi connectivity index (χ3v) is 3.20. The molecule has 1 amide bonds. The van der Waals surface area contributed by atoms with Gasteiger partial charge in [0, 0.05) is 13.1 Å². The molecule has 0 spiro atoms. The Kier molecular flexibility index (Phi) is 3.08. The van der Waals surface area contributed by atoms with E-state index in [9.17, 15) is 4.79 Å². The van der Waals surface area contributed by atoms with Crippen LogP contribution in [0.3, 0.4) is 0 Å². The van der Waals surface area contributed by atoms with Crippen LogP contribution < -0.4 is 5.73 Å². The van der Waals surface area contributed by atoms with Gasteiger partial charge in [0.1, 0.15) is 5.69 Å². The number of amides is 1. The third kappa shape index (κ3) is 2.15. The molecule has 0 bridgehead atoms. The van der Waals surface area contributed by atoms with Crippen LogP contribution in [-0.4, -0.2) is 28.9 Å². The lowest BCUT2D eigenvalue weighted by Crippen LogP contribution is -2.35. The van der Waals surface area contributed by atoms with Gasteiger partial charge in [-0.1, -0.05) is 12.8 Å². The molecule has 0 unspecified atom stereocenters. The van der Waals surface area contributed by atoms with Crippen molar-refractivity contribution in [1.82, 2.24) is 9.88 Å². The second kappa shape index (κ2) is 4.51. The molecule has 0 aromatic carbocycles. The molecule has 1 fully saturated rings. The summed E-state index contributed by atoms with van der Waals surface area (Å²) in [5.41, 5.74) is 6.60. The maximum atomic E-state index is 12.1. The zero-order valence-electron chi connectivity index (χ0n) is 9.52. The smallest absolute Gasteiger partial charge is 0.272 e. The Labute approximate surface area is 95.5 Å². The van der Waals surface area contributed by atoms with E-state index in [0.29, 0.717) is 17.4 Å². The second-order valence-corrected chi connectivity index (χ2v) is 4.33. The Balaban J connectivity index is 2.08. The molecule has 1 aliphatic rings. The van der Waals surface area contributed by atoms with E-state index in [0.717, 1.165) is 12.8 Å². The van der Waals surface area contributed by atoms with Crippen LogP contribution in [0.15, 0.2) is 18.3 Å². The maximum absolute atomic E-state index is 12.1. The molecule has 1 aromatic heterocycles. The monoisotopic (exact) mass is 219 g/mol. The van der Waals surface area contributed by atoms with Crippen molar-refractivity contribution in [3.8, 4) is 0 Å².